The highest BCUT2D eigenvalue weighted by atomic mass is 35.7. The van der Waals surface area contributed by atoms with Crippen molar-refractivity contribution in [2.45, 2.75) is 50.8 Å². The first-order chi connectivity index (χ1) is 9.70. The first kappa shape index (κ1) is 18.0. The van der Waals surface area contributed by atoms with E-state index in [0.717, 1.165) is 19.3 Å². The Morgan fingerprint density at radius 3 is 2.48 bits per heavy atom. The lowest BCUT2D eigenvalue weighted by atomic mass is 10.1. The van der Waals surface area contributed by atoms with E-state index in [2.05, 4.69) is 17.1 Å². The molecule has 120 valence electrons. The smallest absolute Gasteiger partial charge is 0.275 e. The second kappa shape index (κ2) is 7.26. The van der Waals surface area contributed by atoms with Crippen molar-refractivity contribution in [3.05, 3.63) is 11.4 Å². The van der Waals surface area contributed by atoms with Gasteiger partial charge in [-0.25, -0.2) is 8.42 Å². The van der Waals surface area contributed by atoms with Gasteiger partial charge in [-0.05, 0) is 12.3 Å². The minimum atomic E-state index is -4.04. The fraction of sp³-hybridized carbons (Fsp3) is 0.692. The Morgan fingerprint density at radius 1 is 1.38 bits per heavy atom. The van der Waals surface area contributed by atoms with E-state index in [4.69, 9.17) is 10.7 Å². The van der Waals surface area contributed by atoms with Gasteiger partial charge in [-0.3, -0.25) is 9.89 Å². The van der Waals surface area contributed by atoms with Crippen molar-refractivity contribution >= 4 is 25.6 Å². The summed E-state index contributed by atoms with van der Waals surface area (Å²) in [6, 6.07) is 0. The van der Waals surface area contributed by atoms with E-state index in [-0.39, 0.29) is 16.5 Å². The van der Waals surface area contributed by atoms with Crippen LogP contribution in [-0.2, 0) is 9.05 Å². The van der Waals surface area contributed by atoms with Crippen molar-refractivity contribution in [2.24, 2.45) is 0 Å². The number of aromatic amines is 1. The Hall–Kier alpha value is -1.08. The molecule has 6 nitrogen and oxygen atoms in total. The fourth-order valence-electron chi connectivity index (χ4n) is 2.01. The zero-order chi connectivity index (χ0) is 16.2. The topological polar surface area (TPSA) is 83.1 Å². The summed E-state index contributed by atoms with van der Waals surface area (Å²) >= 11 is 0. The summed E-state index contributed by atoms with van der Waals surface area (Å²) in [5.74, 6) is -0.568. The largest absolute Gasteiger partial charge is 0.340 e. The van der Waals surface area contributed by atoms with E-state index < -0.39 is 15.0 Å². The highest BCUT2D eigenvalue weighted by Gasteiger charge is 2.30. The SMILES string of the molecule is CCCCCN(C)C(=O)c1n[nH]c(C(C)C)c1S(=O)(=O)Cl. The first-order valence-corrected chi connectivity index (χ1v) is 9.29. The third-order valence-electron chi connectivity index (χ3n) is 3.22. The van der Waals surface area contributed by atoms with Gasteiger partial charge in [-0.1, -0.05) is 33.6 Å². The fourth-order valence-corrected chi connectivity index (χ4v) is 3.39. The first-order valence-electron chi connectivity index (χ1n) is 6.98. The van der Waals surface area contributed by atoms with Crippen LogP contribution in [0.2, 0.25) is 0 Å². The molecule has 0 saturated heterocycles. The minimum absolute atomic E-state index is 0.132. The third kappa shape index (κ3) is 4.44. The number of aromatic nitrogens is 2. The Labute approximate surface area is 130 Å². The van der Waals surface area contributed by atoms with Crippen LogP contribution in [0.3, 0.4) is 0 Å². The Morgan fingerprint density at radius 2 is 2.00 bits per heavy atom. The molecule has 1 heterocycles. The number of hydrogen-bond acceptors (Lipinski definition) is 4. The molecular formula is C13H22ClN3O3S. The lowest BCUT2D eigenvalue weighted by molar-refractivity contribution is 0.0783. The standard InChI is InChI=1S/C13H22ClN3O3S/c1-5-6-7-8-17(4)13(18)11-12(21(14,19)20)10(9(2)3)15-16-11/h9H,5-8H2,1-4H3,(H,15,16). The van der Waals surface area contributed by atoms with E-state index in [9.17, 15) is 13.2 Å². The van der Waals surface area contributed by atoms with E-state index in [1.807, 2.05) is 0 Å². The van der Waals surface area contributed by atoms with Gasteiger partial charge in [-0.15, -0.1) is 0 Å². The van der Waals surface area contributed by atoms with Gasteiger partial charge in [0.05, 0.1) is 5.69 Å². The number of amides is 1. The second-order valence-corrected chi connectivity index (χ2v) is 7.84. The maximum atomic E-state index is 12.4. The summed E-state index contributed by atoms with van der Waals surface area (Å²) in [5.41, 5.74) is 0.225. The molecule has 0 bridgehead atoms. The lowest BCUT2D eigenvalue weighted by Gasteiger charge is -2.16. The van der Waals surface area contributed by atoms with Crippen LogP contribution >= 0.6 is 10.7 Å². The van der Waals surface area contributed by atoms with E-state index in [1.165, 1.54) is 4.90 Å². The molecule has 0 aliphatic rings. The monoisotopic (exact) mass is 335 g/mol. The van der Waals surface area contributed by atoms with Gasteiger partial charge >= 0.3 is 0 Å². The van der Waals surface area contributed by atoms with Crippen molar-refractivity contribution < 1.29 is 13.2 Å². The molecular weight excluding hydrogens is 314 g/mol. The number of halogens is 1. The maximum absolute atomic E-state index is 12.4. The average molecular weight is 336 g/mol. The van der Waals surface area contributed by atoms with Crippen LogP contribution in [-0.4, -0.2) is 43.0 Å². The molecule has 0 aromatic carbocycles. The molecule has 0 aliphatic heterocycles. The number of carbonyl (C=O) groups is 1. The van der Waals surface area contributed by atoms with E-state index in [0.29, 0.717) is 12.2 Å². The number of rotatable bonds is 7. The molecule has 1 aromatic rings. The molecule has 0 fully saturated rings. The van der Waals surface area contributed by atoms with Gasteiger partial charge in [0, 0.05) is 24.3 Å². The Bertz CT molecular complexity index is 596. The van der Waals surface area contributed by atoms with Crippen LogP contribution in [0, 0.1) is 0 Å². The van der Waals surface area contributed by atoms with Gasteiger partial charge in [0.25, 0.3) is 15.0 Å². The highest BCUT2D eigenvalue weighted by molar-refractivity contribution is 8.13. The zero-order valence-corrected chi connectivity index (χ0v) is 14.4. The molecule has 0 spiro atoms. The summed E-state index contributed by atoms with van der Waals surface area (Å²) in [5, 5.41) is 6.50. The molecule has 1 rings (SSSR count). The van der Waals surface area contributed by atoms with E-state index in [1.54, 1.807) is 20.9 Å². The summed E-state index contributed by atoms with van der Waals surface area (Å²) in [6.07, 6.45) is 2.92. The number of unbranched alkanes of at least 4 members (excludes halogenated alkanes) is 2. The quantitative estimate of drug-likeness (QED) is 0.613. The molecule has 1 N–H and O–H groups in total. The van der Waals surface area contributed by atoms with Gasteiger partial charge in [0.1, 0.15) is 4.90 Å². The average Bonchev–Trinajstić information content (AvgIpc) is 2.82. The van der Waals surface area contributed by atoms with Crippen molar-refractivity contribution in [3.63, 3.8) is 0 Å². The maximum Gasteiger partial charge on any atom is 0.275 e. The van der Waals surface area contributed by atoms with Crippen LogP contribution in [0.5, 0.6) is 0 Å². The van der Waals surface area contributed by atoms with Crippen LogP contribution in [0.15, 0.2) is 4.90 Å². The second-order valence-electron chi connectivity index (χ2n) is 5.34. The van der Waals surface area contributed by atoms with Crippen molar-refractivity contribution in [1.82, 2.24) is 15.1 Å². The van der Waals surface area contributed by atoms with Crippen molar-refractivity contribution in [3.8, 4) is 0 Å². The van der Waals surface area contributed by atoms with Gasteiger partial charge < -0.3 is 4.90 Å². The minimum Gasteiger partial charge on any atom is -0.340 e. The predicted molar refractivity (Wildman–Crippen MR) is 82.2 cm³/mol. The summed E-state index contributed by atoms with van der Waals surface area (Å²) < 4.78 is 23.5. The normalized spacial score (nSPS) is 11.9. The summed E-state index contributed by atoms with van der Waals surface area (Å²) in [7, 11) is 3.06. The Balaban J connectivity index is 3.11. The highest BCUT2D eigenvalue weighted by Crippen LogP contribution is 2.28. The molecule has 8 heteroatoms. The number of nitrogens with zero attached hydrogens (tertiary/aromatic N) is 2. The molecule has 0 radical (unpaired) electrons. The molecule has 0 atom stereocenters. The van der Waals surface area contributed by atoms with Crippen LogP contribution in [0.4, 0.5) is 0 Å². The lowest BCUT2D eigenvalue weighted by Crippen LogP contribution is -2.29. The van der Waals surface area contributed by atoms with E-state index >= 15 is 0 Å². The number of carbonyl (C=O) groups excluding carboxylic acids is 1. The number of hydrogen-bond donors (Lipinski definition) is 1. The van der Waals surface area contributed by atoms with Gasteiger partial charge in [0.2, 0.25) is 0 Å². The van der Waals surface area contributed by atoms with Crippen molar-refractivity contribution in [2.75, 3.05) is 13.6 Å². The molecule has 1 aromatic heterocycles. The molecule has 0 saturated carbocycles. The molecule has 1 amide bonds. The van der Waals surface area contributed by atoms with Gasteiger partial charge in [-0.2, -0.15) is 5.10 Å². The molecule has 21 heavy (non-hydrogen) atoms. The molecule has 0 aliphatic carbocycles. The molecule has 0 unspecified atom stereocenters. The summed E-state index contributed by atoms with van der Waals surface area (Å²) in [6.45, 7) is 6.23. The third-order valence-corrected chi connectivity index (χ3v) is 4.58. The van der Waals surface area contributed by atoms with Crippen molar-refractivity contribution in [1.29, 1.82) is 0 Å². The predicted octanol–water partition coefficient (Wildman–Crippen LogP) is 2.72. The number of H-pyrrole nitrogens is 1. The summed E-state index contributed by atoms with van der Waals surface area (Å²) in [4.78, 5) is 13.6. The Kier molecular flexibility index (Phi) is 6.22. The van der Waals surface area contributed by atoms with Gasteiger partial charge in [0.15, 0.2) is 5.69 Å². The number of nitrogens with one attached hydrogen (secondary N) is 1. The van der Waals surface area contributed by atoms with Crippen LogP contribution in [0.25, 0.3) is 0 Å². The zero-order valence-electron chi connectivity index (χ0n) is 12.8. The van der Waals surface area contributed by atoms with Crippen LogP contribution in [0.1, 0.15) is 62.1 Å². The van der Waals surface area contributed by atoms with Crippen LogP contribution < -0.4 is 0 Å².